The molecule has 1 aliphatic heterocycles. The van der Waals surface area contributed by atoms with Crippen molar-refractivity contribution in [3.05, 3.63) is 48.0 Å². The molecule has 4 aromatic heterocycles. The molecular formula is C28H37N7O2. The largest absolute Gasteiger partial charge is 0.387 e. The molecule has 0 spiro atoms. The average molecular weight is 504 g/mol. The maximum Gasteiger partial charge on any atom is 0.248 e. The number of anilines is 2. The number of carbonyl (C=O) groups is 1. The summed E-state index contributed by atoms with van der Waals surface area (Å²) in [6, 6.07) is 6.42. The maximum absolute atomic E-state index is 11.9. The van der Waals surface area contributed by atoms with Gasteiger partial charge in [0.15, 0.2) is 0 Å². The monoisotopic (exact) mass is 503 g/mol. The second-order valence-electron chi connectivity index (χ2n) is 9.14. The number of hydrogen-bond donors (Lipinski definition) is 2. The number of hydrogen-bond acceptors (Lipinski definition) is 7. The maximum atomic E-state index is 11.9. The van der Waals surface area contributed by atoms with Gasteiger partial charge >= 0.3 is 0 Å². The predicted molar refractivity (Wildman–Crippen MR) is 147 cm³/mol. The van der Waals surface area contributed by atoms with E-state index in [1.54, 1.807) is 4.90 Å². The van der Waals surface area contributed by atoms with E-state index in [4.69, 9.17) is 9.97 Å². The minimum absolute atomic E-state index is 0. The van der Waals surface area contributed by atoms with Crippen LogP contribution in [0.3, 0.4) is 0 Å². The molecule has 1 amide bonds. The van der Waals surface area contributed by atoms with Crippen LogP contribution in [-0.2, 0) is 17.8 Å². The first-order valence-corrected chi connectivity index (χ1v) is 13.0. The van der Waals surface area contributed by atoms with E-state index in [9.17, 15) is 9.90 Å². The van der Waals surface area contributed by atoms with Gasteiger partial charge in [0, 0.05) is 35.8 Å². The zero-order valence-electron chi connectivity index (χ0n) is 20.9. The Kier molecular flexibility index (Phi) is 8.33. The van der Waals surface area contributed by atoms with Gasteiger partial charge in [0.2, 0.25) is 11.9 Å². The van der Waals surface area contributed by atoms with Crippen molar-refractivity contribution in [2.45, 2.75) is 72.4 Å². The number of nitrogens with zero attached hydrogens (tertiary/aromatic N) is 6. The Balaban J connectivity index is 0.00000104. The molecule has 37 heavy (non-hydrogen) atoms. The highest BCUT2D eigenvalue weighted by Crippen LogP contribution is 2.36. The highest BCUT2D eigenvalue weighted by atomic mass is 16.3. The zero-order chi connectivity index (χ0) is 25.1. The smallest absolute Gasteiger partial charge is 0.248 e. The van der Waals surface area contributed by atoms with Crippen molar-refractivity contribution in [3.8, 4) is 0 Å². The van der Waals surface area contributed by atoms with E-state index < -0.39 is 6.61 Å². The van der Waals surface area contributed by atoms with Crippen LogP contribution in [0.15, 0.2) is 36.8 Å². The van der Waals surface area contributed by atoms with Crippen LogP contribution in [-0.4, -0.2) is 53.6 Å². The third-order valence-electron chi connectivity index (χ3n) is 7.07. The van der Waals surface area contributed by atoms with E-state index in [2.05, 4.69) is 19.9 Å². The standard InChI is InChI=1S/C25H27N7O2.C2H6.CH4/c33-15-23(34)31-11-9-16-6-7-22(28-20(16)14-31)29-25-27-12-19-18-8-10-26-13-21(18)32(24(19)30-25)17-4-2-1-3-5-17;1-2;/h6-8,10,12-13,17,33H,1-5,9,11,14-15H2,(H,27,28,29,30);1-2H3;1H4. The lowest BCUT2D eigenvalue weighted by Crippen LogP contribution is -2.38. The molecule has 9 nitrogen and oxygen atoms in total. The highest BCUT2D eigenvalue weighted by Gasteiger charge is 2.23. The van der Waals surface area contributed by atoms with Crippen molar-refractivity contribution in [1.29, 1.82) is 0 Å². The number of pyridine rings is 2. The van der Waals surface area contributed by atoms with E-state index >= 15 is 0 Å². The van der Waals surface area contributed by atoms with Crippen molar-refractivity contribution < 1.29 is 9.90 Å². The van der Waals surface area contributed by atoms with Crippen LogP contribution in [0.1, 0.15) is 70.7 Å². The molecule has 0 saturated heterocycles. The third-order valence-corrected chi connectivity index (χ3v) is 7.07. The Morgan fingerprint density at radius 3 is 2.68 bits per heavy atom. The molecule has 0 bridgehead atoms. The van der Waals surface area contributed by atoms with E-state index in [0.717, 1.165) is 52.5 Å². The molecule has 0 unspecified atom stereocenters. The first-order chi connectivity index (χ1) is 17.7. The first kappa shape index (κ1) is 26.5. The lowest BCUT2D eigenvalue weighted by atomic mass is 9.95. The van der Waals surface area contributed by atoms with Gasteiger partial charge in [-0.15, -0.1) is 0 Å². The van der Waals surface area contributed by atoms with Crippen LogP contribution in [0.25, 0.3) is 21.9 Å². The molecule has 4 aromatic rings. The second-order valence-corrected chi connectivity index (χ2v) is 9.14. The summed E-state index contributed by atoms with van der Waals surface area (Å²) >= 11 is 0. The van der Waals surface area contributed by atoms with E-state index in [1.165, 1.54) is 19.3 Å². The molecule has 0 radical (unpaired) electrons. The molecule has 196 valence electrons. The SMILES string of the molecule is C.CC.O=C(CO)N1CCc2ccc(Nc3ncc4c5ccncc5n(C5CCCCC5)c4n3)nc2C1. The Morgan fingerprint density at radius 1 is 1.08 bits per heavy atom. The van der Waals surface area contributed by atoms with Crippen LogP contribution < -0.4 is 5.32 Å². The fraction of sp³-hybridized carbons (Fsp3) is 0.464. The molecule has 6 rings (SSSR count). The summed E-state index contributed by atoms with van der Waals surface area (Å²) < 4.78 is 2.35. The number of carbonyl (C=O) groups excluding carboxylic acids is 1. The molecular weight excluding hydrogens is 466 g/mol. The van der Waals surface area contributed by atoms with E-state index in [1.807, 2.05) is 50.6 Å². The highest BCUT2D eigenvalue weighted by molar-refractivity contribution is 6.06. The first-order valence-electron chi connectivity index (χ1n) is 13.0. The summed E-state index contributed by atoms with van der Waals surface area (Å²) in [6.07, 6.45) is 12.4. The van der Waals surface area contributed by atoms with Gasteiger partial charge in [0.1, 0.15) is 18.1 Å². The van der Waals surface area contributed by atoms with Gasteiger partial charge in [-0.3, -0.25) is 9.78 Å². The van der Waals surface area contributed by atoms with Gasteiger partial charge in [-0.2, -0.15) is 4.98 Å². The lowest BCUT2D eigenvalue weighted by Gasteiger charge is -2.27. The van der Waals surface area contributed by atoms with Gasteiger partial charge in [0.05, 0.1) is 24.0 Å². The quantitative estimate of drug-likeness (QED) is 0.396. The molecule has 0 aromatic carbocycles. The third kappa shape index (κ3) is 5.13. The molecule has 2 aliphatic rings. The van der Waals surface area contributed by atoms with E-state index in [-0.39, 0.29) is 13.3 Å². The number of amides is 1. The van der Waals surface area contributed by atoms with Gasteiger partial charge in [-0.1, -0.05) is 46.6 Å². The van der Waals surface area contributed by atoms with Crippen LogP contribution in [0.2, 0.25) is 0 Å². The fourth-order valence-electron chi connectivity index (χ4n) is 5.34. The zero-order valence-corrected chi connectivity index (χ0v) is 20.9. The topological polar surface area (TPSA) is 109 Å². The predicted octanol–water partition coefficient (Wildman–Crippen LogP) is 5.16. The Labute approximate surface area is 218 Å². The summed E-state index contributed by atoms with van der Waals surface area (Å²) in [5.41, 5.74) is 3.98. The average Bonchev–Trinajstić information content (AvgIpc) is 3.27. The molecule has 9 heteroatoms. The van der Waals surface area contributed by atoms with Crippen molar-refractivity contribution >= 4 is 39.6 Å². The second kappa shape index (κ2) is 11.6. The number of nitrogens with one attached hydrogen (secondary N) is 1. The van der Waals surface area contributed by atoms with Crippen molar-refractivity contribution in [2.75, 3.05) is 18.5 Å². The van der Waals surface area contributed by atoms with Crippen molar-refractivity contribution in [2.24, 2.45) is 0 Å². The molecule has 1 saturated carbocycles. The summed E-state index contributed by atoms with van der Waals surface area (Å²) in [5, 5.41) is 14.6. The number of rotatable bonds is 4. The van der Waals surface area contributed by atoms with Crippen molar-refractivity contribution in [3.63, 3.8) is 0 Å². The molecule has 5 heterocycles. The minimum Gasteiger partial charge on any atom is -0.387 e. The minimum atomic E-state index is -0.481. The number of aliphatic hydroxyl groups is 1. The van der Waals surface area contributed by atoms with Crippen LogP contribution >= 0.6 is 0 Å². The Hall–Kier alpha value is -3.59. The van der Waals surface area contributed by atoms with Crippen LogP contribution in [0, 0.1) is 0 Å². The Bertz CT molecular complexity index is 1380. The van der Waals surface area contributed by atoms with Gasteiger partial charge < -0.3 is 19.9 Å². The van der Waals surface area contributed by atoms with Gasteiger partial charge in [-0.25, -0.2) is 9.97 Å². The van der Waals surface area contributed by atoms with Crippen molar-refractivity contribution in [1.82, 2.24) is 29.4 Å². The molecule has 1 fully saturated rings. The normalized spacial score (nSPS) is 15.5. The van der Waals surface area contributed by atoms with Gasteiger partial charge in [-0.05, 0) is 37.0 Å². The summed E-state index contributed by atoms with van der Waals surface area (Å²) in [6.45, 7) is 4.51. The number of aromatic nitrogens is 5. The Morgan fingerprint density at radius 2 is 1.89 bits per heavy atom. The molecule has 0 atom stereocenters. The summed E-state index contributed by atoms with van der Waals surface area (Å²) in [7, 11) is 0. The van der Waals surface area contributed by atoms with Crippen LogP contribution in [0.4, 0.5) is 11.8 Å². The molecule has 2 N–H and O–H groups in total. The number of fused-ring (bicyclic) bond motifs is 4. The summed E-state index contributed by atoms with van der Waals surface area (Å²) in [4.78, 5) is 32.2. The molecule has 1 aliphatic carbocycles. The van der Waals surface area contributed by atoms with Gasteiger partial charge in [0.25, 0.3) is 0 Å². The van der Waals surface area contributed by atoms with E-state index in [0.29, 0.717) is 30.9 Å². The lowest BCUT2D eigenvalue weighted by molar-refractivity contribution is -0.135. The number of aliphatic hydroxyl groups excluding tert-OH is 1. The summed E-state index contributed by atoms with van der Waals surface area (Å²) in [5.74, 6) is 0.856. The van der Waals surface area contributed by atoms with Crippen LogP contribution in [0.5, 0.6) is 0 Å². The fourth-order valence-corrected chi connectivity index (χ4v) is 5.34.